The molecule has 0 saturated carbocycles. The number of nitrogens with one attached hydrogen (secondary N) is 1. The van der Waals surface area contributed by atoms with Gasteiger partial charge in [-0.05, 0) is 17.0 Å². The molecule has 1 aliphatic heterocycles. The maximum atomic E-state index is 5.47. The third kappa shape index (κ3) is 3.40. The van der Waals surface area contributed by atoms with Gasteiger partial charge < -0.3 is 10.1 Å². The molecule has 1 atom stereocenters. The first-order valence-electron chi connectivity index (χ1n) is 8.20. The number of thiophene rings is 1. The fraction of sp³-hybridized carbons (Fsp3) is 0.333. The zero-order chi connectivity index (χ0) is 16.2. The van der Waals surface area contributed by atoms with Crippen LogP contribution in [-0.4, -0.2) is 47.7 Å². The molecule has 1 fully saturated rings. The molecule has 0 radical (unpaired) electrons. The van der Waals surface area contributed by atoms with Gasteiger partial charge >= 0.3 is 0 Å². The van der Waals surface area contributed by atoms with Gasteiger partial charge in [-0.3, -0.25) is 4.90 Å². The summed E-state index contributed by atoms with van der Waals surface area (Å²) in [5, 5.41) is 5.71. The summed E-state index contributed by atoms with van der Waals surface area (Å²) in [7, 11) is 0. The Labute approximate surface area is 145 Å². The van der Waals surface area contributed by atoms with Crippen LogP contribution in [0.5, 0.6) is 0 Å². The smallest absolute Gasteiger partial charge is 0.147 e. The Hall–Kier alpha value is -2.02. The number of rotatable bonds is 5. The predicted octanol–water partition coefficient (Wildman–Crippen LogP) is 3.18. The van der Waals surface area contributed by atoms with E-state index in [1.807, 2.05) is 6.07 Å². The monoisotopic (exact) mass is 340 g/mol. The van der Waals surface area contributed by atoms with Crippen molar-refractivity contribution in [2.45, 2.75) is 6.04 Å². The molecule has 3 heterocycles. The third-order valence-electron chi connectivity index (χ3n) is 4.30. The van der Waals surface area contributed by atoms with Gasteiger partial charge in [-0.1, -0.05) is 30.3 Å². The van der Waals surface area contributed by atoms with Crippen molar-refractivity contribution in [2.75, 3.05) is 38.2 Å². The summed E-state index contributed by atoms with van der Waals surface area (Å²) in [5.74, 6) is 0.914. The minimum absolute atomic E-state index is 0.185. The first-order chi connectivity index (χ1) is 11.9. The molecule has 0 bridgehead atoms. The Morgan fingerprint density at radius 1 is 1.12 bits per heavy atom. The van der Waals surface area contributed by atoms with Crippen LogP contribution >= 0.6 is 11.3 Å². The fourth-order valence-electron chi connectivity index (χ4n) is 3.02. The number of hydrogen-bond acceptors (Lipinski definition) is 6. The van der Waals surface area contributed by atoms with E-state index >= 15 is 0 Å². The predicted molar refractivity (Wildman–Crippen MR) is 97.5 cm³/mol. The van der Waals surface area contributed by atoms with E-state index in [2.05, 4.69) is 55.9 Å². The number of benzene rings is 1. The van der Waals surface area contributed by atoms with Crippen LogP contribution in [0.4, 0.5) is 5.82 Å². The molecule has 1 saturated heterocycles. The Morgan fingerprint density at radius 3 is 2.79 bits per heavy atom. The first kappa shape index (κ1) is 15.5. The number of ether oxygens (including phenoxy) is 1. The highest BCUT2D eigenvalue weighted by Crippen LogP contribution is 2.28. The summed E-state index contributed by atoms with van der Waals surface area (Å²) in [6.45, 7) is 4.50. The normalized spacial score (nSPS) is 17.0. The molecule has 1 aliphatic rings. The summed E-state index contributed by atoms with van der Waals surface area (Å²) in [4.78, 5) is 11.3. The largest absolute Gasteiger partial charge is 0.379 e. The van der Waals surface area contributed by atoms with Crippen LogP contribution in [0, 0.1) is 0 Å². The molecule has 0 spiro atoms. The lowest BCUT2D eigenvalue weighted by atomic mass is 10.1. The molecule has 0 aliphatic carbocycles. The van der Waals surface area contributed by atoms with E-state index in [0.717, 1.165) is 48.9 Å². The van der Waals surface area contributed by atoms with Crippen LogP contribution in [-0.2, 0) is 4.74 Å². The number of morpholine rings is 1. The Kier molecular flexibility index (Phi) is 4.69. The van der Waals surface area contributed by atoms with Crippen molar-refractivity contribution in [1.29, 1.82) is 0 Å². The highest BCUT2D eigenvalue weighted by atomic mass is 32.1. The van der Waals surface area contributed by atoms with Crippen molar-refractivity contribution in [3.05, 3.63) is 53.7 Å². The van der Waals surface area contributed by atoms with Crippen molar-refractivity contribution in [1.82, 2.24) is 14.9 Å². The third-order valence-corrected chi connectivity index (χ3v) is 5.21. The second-order valence-corrected chi connectivity index (χ2v) is 6.79. The Bertz CT molecular complexity index is 786. The summed E-state index contributed by atoms with van der Waals surface area (Å²) in [6, 6.07) is 12.8. The van der Waals surface area contributed by atoms with Crippen molar-refractivity contribution in [3.63, 3.8) is 0 Å². The van der Waals surface area contributed by atoms with E-state index in [9.17, 15) is 0 Å². The molecule has 1 aromatic carbocycles. The topological polar surface area (TPSA) is 50.3 Å². The highest BCUT2D eigenvalue weighted by Gasteiger charge is 2.19. The van der Waals surface area contributed by atoms with Crippen molar-refractivity contribution < 1.29 is 4.74 Å². The van der Waals surface area contributed by atoms with E-state index in [-0.39, 0.29) is 6.04 Å². The highest BCUT2D eigenvalue weighted by molar-refractivity contribution is 7.17. The van der Waals surface area contributed by atoms with Crippen LogP contribution in [0.3, 0.4) is 0 Å². The van der Waals surface area contributed by atoms with Gasteiger partial charge in [-0.25, -0.2) is 9.97 Å². The summed E-state index contributed by atoms with van der Waals surface area (Å²) in [5.41, 5.74) is 2.27. The zero-order valence-electron chi connectivity index (χ0n) is 13.4. The van der Waals surface area contributed by atoms with E-state index < -0.39 is 0 Å². The van der Waals surface area contributed by atoms with Crippen molar-refractivity contribution >= 4 is 27.4 Å². The number of hydrogen-bond donors (Lipinski definition) is 1. The maximum Gasteiger partial charge on any atom is 0.147 e. The minimum Gasteiger partial charge on any atom is -0.379 e. The van der Waals surface area contributed by atoms with Crippen LogP contribution < -0.4 is 5.32 Å². The number of fused-ring (bicyclic) bond motifs is 1. The zero-order valence-corrected chi connectivity index (χ0v) is 14.2. The molecule has 6 heteroatoms. The average Bonchev–Trinajstić information content (AvgIpc) is 3.13. The summed E-state index contributed by atoms with van der Waals surface area (Å²) >= 11 is 1.68. The van der Waals surface area contributed by atoms with Gasteiger partial charge in [0.15, 0.2) is 0 Å². The number of nitrogens with zero attached hydrogens (tertiary/aromatic N) is 3. The number of aromatic nitrogens is 2. The second kappa shape index (κ2) is 7.25. The van der Waals surface area contributed by atoms with E-state index in [1.165, 1.54) is 5.56 Å². The average molecular weight is 340 g/mol. The van der Waals surface area contributed by atoms with Crippen LogP contribution in [0.15, 0.2) is 48.1 Å². The van der Waals surface area contributed by atoms with Gasteiger partial charge in [0.05, 0.1) is 29.5 Å². The number of anilines is 1. The Morgan fingerprint density at radius 2 is 1.96 bits per heavy atom. The van der Waals surface area contributed by atoms with Crippen LogP contribution in [0.25, 0.3) is 10.2 Å². The SMILES string of the molecule is c1ccc([C@@H](CN2CCOCC2)Nc2ncnc3ccsc23)cc1. The van der Waals surface area contributed by atoms with Crippen LogP contribution in [0.2, 0.25) is 0 Å². The lowest BCUT2D eigenvalue weighted by molar-refractivity contribution is 0.0361. The maximum absolute atomic E-state index is 5.47. The molecule has 24 heavy (non-hydrogen) atoms. The standard InChI is InChI=1S/C18H20N4OS/c1-2-4-14(5-3-1)16(12-22-7-9-23-10-8-22)21-18-17-15(6-11-24-17)19-13-20-18/h1-6,11,13,16H,7-10,12H2,(H,19,20,21)/t16-/m1/s1. The van der Waals surface area contributed by atoms with Gasteiger partial charge in [0, 0.05) is 19.6 Å². The lowest BCUT2D eigenvalue weighted by Gasteiger charge is -2.31. The molecular weight excluding hydrogens is 320 g/mol. The first-order valence-corrected chi connectivity index (χ1v) is 9.08. The molecule has 3 aromatic rings. The summed E-state index contributed by atoms with van der Waals surface area (Å²) < 4.78 is 6.58. The van der Waals surface area contributed by atoms with E-state index in [4.69, 9.17) is 4.74 Å². The van der Waals surface area contributed by atoms with Crippen molar-refractivity contribution in [3.8, 4) is 0 Å². The van der Waals surface area contributed by atoms with Gasteiger partial charge in [0.25, 0.3) is 0 Å². The van der Waals surface area contributed by atoms with Gasteiger partial charge in [0.1, 0.15) is 12.1 Å². The lowest BCUT2D eigenvalue weighted by Crippen LogP contribution is -2.40. The quantitative estimate of drug-likeness (QED) is 0.773. The molecule has 5 nitrogen and oxygen atoms in total. The van der Waals surface area contributed by atoms with E-state index in [1.54, 1.807) is 17.7 Å². The van der Waals surface area contributed by atoms with Gasteiger partial charge in [0.2, 0.25) is 0 Å². The fourth-order valence-corrected chi connectivity index (χ4v) is 3.82. The molecule has 0 unspecified atom stereocenters. The van der Waals surface area contributed by atoms with Gasteiger partial charge in [-0.15, -0.1) is 11.3 Å². The second-order valence-electron chi connectivity index (χ2n) is 5.88. The van der Waals surface area contributed by atoms with E-state index in [0.29, 0.717) is 0 Å². The van der Waals surface area contributed by atoms with Crippen LogP contribution in [0.1, 0.15) is 11.6 Å². The minimum atomic E-state index is 0.185. The molecule has 0 amide bonds. The molecule has 1 N–H and O–H groups in total. The summed E-state index contributed by atoms with van der Waals surface area (Å²) in [6.07, 6.45) is 1.63. The Balaban J connectivity index is 1.61. The molecular formula is C18H20N4OS. The van der Waals surface area contributed by atoms with Crippen molar-refractivity contribution in [2.24, 2.45) is 0 Å². The molecule has 124 valence electrons. The molecule has 2 aromatic heterocycles. The van der Waals surface area contributed by atoms with Gasteiger partial charge in [-0.2, -0.15) is 0 Å². The molecule has 4 rings (SSSR count).